The third kappa shape index (κ3) is 32.8. The molecular weight excluding hydrogens is 1960 g/mol. The van der Waals surface area contributed by atoms with E-state index in [4.69, 9.17) is 18.9 Å². The molecule has 768 valence electrons. The van der Waals surface area contributed by atoms with E-state index in [-0.39, 0.29) is 43.8 Å². The van der Waals surface area contributed by atoms with Crippen molar-refractivity contribution in [2.75, 3.05) is 108 Å². The molecule has 14 rings (SSSR count). The van der Waals surface area contributed by atoms with Crippen LogP contribution in [0.3, 0.4) is 0 Å². The summed E-state index contributed by atoms with van der Waals surface area (Å²) in [5.41, 5.74) is 4.85. The van der Waals surface area contributed by atoms with Gasteiger partial charge in [-0.1, -0.05) is 158 Å². The number of ether oxygens (including phenoxy) is 14. The lowest BCUT2D eigenvalue weighted by Gasteiger charge is -2.23. The monoisotopic (exact) mass is 2040 g/mol. The molecule has 46 heteroatoms. The largest absolute Gasteiger partial charge is 0.485 e. The smallest absolute Gasteiger partial charge is 0.462 e. The molecule has 0 saturated carbocycles. The van der Waals surface area contributed by atoms with E-state index in [0.29, 0.717) is 61.9 Å². The number of carbonyl (C=O) groups excluding carboxylic acids is 6. The lowest BCUT2D eigenvalue weighted by molar-refractivity contribution is -0.384. The molecule has 0 radical (unpaired) electrons. The molecule has 143 heavy (non-hydrogen) atoms. The molecule has 4 aromatic heterocycles. The van der Waals surface area contributed by atoms with E-state index < -0.39 is 169 Å². The maximum atomic E-state index is 13.3. The predicted octanol–water partition coefficient (Wildman–Crippen LogP) is 24.4. The van der Waals surface area contributed by atoms with Crippen molar-refractivity contribution in [2.45, 2.75) is 81.0 Å². The van der Waals surface area contributed by atoms with Crippen LogP contribution < -0.4 is 0 Å². The van der Waals surface area contributed by atoms with Crippen LogP contribution in [0.1, 0.15) is 61.7 Å². The number of para-hydroxylation sites is 4. The average molecular weight is 2050 g/mol. The van der Waals surface area contributed by atoms with Gasteiger partial charge in [-0.25, -0.2) is 46.7 Å². The lowest BCUT2D eigenvalue weighted by Crippen LogP contribution is -2.43. The minimum absolute atomic E-state index is 0.0438. The number of benzene rings is 10. The molecule has 0 aliphatic heterocycles. The van der Waals surface area contributed by atoms with E-state index in [1.807, 2.05) is 78.9 Å². The Kier molecular flexibility index (Phi) is 40.9. The number of carbonyl (C=O) groups is 6. The van der Waals surface area contributed by atoms with Gasteiger partial charge in [0.1, 0.15) is 39.6 Å². The van der Waals surface area contributed by atoms with Crippen molar-refractivity contribution in [3.63, 3.8) is 0 Å². The topological polar surface area (TPSA) is 267 Å². The second-order valence-corrected chi connectivity index (χ2v) is 29.5. The fourth-order valence-electron chi connectivity index (χ4n) is 12.5. The maximum Gasteiger partial charge on any atom is 0.485 e. The zero-order chi connectivity index (χ0) is 105. The number of hydrogen-bond donors (Lipinski definition) is 0. The van der Waals surface area contributed by atoms with Crippen LogP contribution in [-0.4, -0.2) is 224 Å². The SMILES string of the molecule is CC(F)(F)C(F)(F)OCCOC(=O)c1ccc2ncccc2c1.CC(F)(F)C(F)(F)OCCOC(=O)n1c2ccccc2c2ccccc21.CF.COC(F)(F)OCCOC(=O)c1ccc2ncccc2c1.COC(F)(F)OCCOC(=O)n1c2ccccc2c2ccccc21.COCC(F)(F)COC(=O)c1cccc2ccccc12.O=C(OCCC(F)(F)OCC(F)(F)C(F)(F)F)c1cccc2ccccc12. The van der Waals surface area contributed by atoms with Crippen molar-refractivity contribution < 1.29 is 192 Å². The Bertz CT molecular complexity index is 6460. The van der Waals surface area contributed by atoms with E-state index in [2.05, 4.69) is 57.3 Å². The summed E-state index contributed by atoms with van der Waals surface area (Å²) in [6, 6.07) is 69.2. The van der Waals surface area contributed by atoms with Gasteiger partial charge in [-0.15, -0.1) is 17.6 Å². The first kappa shape index (κ1) is 114. The van der Waals surface area contributed by atoms with Crippen molar-refractivity contribution >= 4 is 123 Å². The third-order valence-corrected chi connectivity index (χ3v) is 19.4. The Morgan fingerprint density at radius 3 is 0.986 bits per heavy atom. The van der Waals surface area contributed by atoms with Crippen molar-refractivity contribution in [3.8, 4) is 0 Å². The van der Waals surface area contributed by atoms with Crippen LogP contribution in [0.5, 0.6) is 0 Å². The van der Waals surface area contributed by atoms with Gasteiger partial charge in [0.2, 0.25) is 0 Å². The summed E-state index contributed by atoms with van der Waals surface area (Å²) in [6.45, 7) is -9.62. The van der Waals surface area contributed by atoms with Crippen LogP contribution in [-0.2, 0) is 66.3 Å². The molecule has 0 atom stereocenters. The number of fused-ring (bicyclic) bond motifs is 10. The van der Waals surface area contributed by atoms with Crippen LogP contribution >= 0.6 is 0 Å². The standard InChI is InChI=1S/C18H15F4NO3.C17H13F7O3.C17H15F2NO4.C15H13F4NO3.C15H14F2O3.C14H13F2NO4.CH3F/c1-17(19,20)18(21,22)26-11-10-25-16(24)23-14-8-4-2-6-12(14)13-7-3-5-9-15(13)23;18-15(19,17(22,23)24)10-27-16(20,21)8-9-26-14(25)13-7-3-5-11-4-1-2-6-12(11)13;1-22-17(18,19)24-11-10-23-16(21)20-14-8-4-2-6-12(14)13-7-3-5-9-15(13)20;1-14(16,17)15(18,19)23-8-7-22-13(21)11-4-5-12-10(9-11)3-2-6-20-12;1-19-9-15(16,17)10-20-14(18)13-8-4-6-11-5-2-3-7-12(11)13;1-19-14(15,16)21-8-7-20-13(18)11-4-5-12-10(9-11)3-2-6-17-12;1-2/h2-9H,10-11H2,1H3;1-7H,8-10H2;2-9H,10-11H2,1H3;2-6,9H,7-8H2,1H3;2-8H,9-10H2,1H3;2-6,9H,7-8H2,1H3;1H3. The van der Waals surface area contributed by atoms with Crippen LogP contribution in [0, 0.1) is 0 Å². The minimum atomic E-state index is -6.01. The zero-order valence-corrected chi connectivity index (χ0v) is 75.7. The van der Waals surface area contributed by atoms with Crippen molar-refractivity contribution in [3.05, 3.63) is 277 Å². The minimum Gasteiger partial charge on any atom is -0.462 e. The van der Waals surface area contributed by atoms with Gasteiger partial charge >= 0.3 is 96.8 Å². The third-order valence-electron chi connectivity index (χ3n) is 19.4. The van der Waals surface area contributed by atoms with Crippen LogP contribution in [0.2, 0.25) is 0 Å². The van der Waals surface area contributed by atoms with Gasteiger partial charge in [0.15, 0.2) is 6.61 Å². The number of halogens is 22. The van der Waals surface area contributed by atoms with E-state index in [1.165, 1.54) is 34.4 Å². The number of esters is 4. The molecule has 0 amide bonds. The normalized spacial score (nSPS) is 12.1. The molecule has 10 aromatic carbocycles. The van der Waals surface area contributed by atoms with Crippen LogP contribution in [0.4, 0.5) is 106 Å². The first-order valence-corrected chi connectivity index (χ1v) is 41.7. The van der Waals surface area contributed by atoms with Gasteiger partial charge < -0.3 is 47.4 Å². The highest BCUT2D eigenvalue weighted by molar-refractivity contribution is 6.14. The molecule has 0 bridgehead atoms. The molecule has 0 aliphatic carbocycles. The Hall–Kier alpha value is -13.9. The number of rotatable bonds is 34. The number of aromatic nitrogens is 4. The van der Waals surface area contributed by atoms with E-state index in [1.54, 1.807) is 158 Å². The molecule has 4 heterocycles. The molecule has 24 nitrogen and oxygen atoms in total. The summed E-state index contributed by atoms with van der Waals surface area (Å²) in [7, 11) is 3.31. The molecule has 14 aromatic rings. The number of methoxy groups -OCH3 is 3. The first-order chi connectivity index (χ1) is 67.4. The van der Waals surface area contributed by atoms with Crippen molar-refractivity contribution in [2.24, 2.45) is 0 Å². The van der Waals surface area contributed by atoms with Crippen LogP contribution in [0.15, 0.2) is 255 Å². The van der Waals surface area contributed by atoms with E-state index in [0.717, 1.165) is 52.1 Å². The lowest BCUT2D eigenvalue weighted by atomic mass is 10.1. The highest BCUT2D eigenvalue weighted by atomic mass is 19.4. The summed E-state index contributed by atoms with van der Waals surface area (Å²) in [5.74, 6) is -20.4. The second-order valence-electron chi connectivity index (χ2n) is 29.5. The van der Waals surface area contributed by atoms with Gasteiger partial charge in [-0.3, -0.25) is 33.3 Å². The number of alkyl halides is 22. The summed E-state index contributed by atoms with van der Waals surface area (Å²) < 4.78 is 339. The van der Waals surface area contributed by atoms with E-state index in [9.17, 15) is 125 Å². The van der Waals surface area contributed by atoms with E-state index >= 15 is 0 Å². The number of hydrogen-bond acceptors (Lipinski definition) is 22. The number of pyridine rings is 2. The highest BCUT2D eigenvalue weighted by Crippen LogP contribution is 2.40. The average Bonchev–Trinajstić information content (AvgIpc) is 1.61. The molecule has 0 N–H and O–H groups in total. The predicted molar refractivity (Wildman–Crippen MR) is 474 cm³/mol. The van der Waals surface area contributed by atoms with Gasteiger partial charge in [-0.05, 0) is 106 Å². The van der Waals surface area contributed by atoms with Gasteiger partial charge in [-0.2, -0.15) is 65.9 Å². The summed E-state index contributed by atoms with van der Waals surface area (Å²) in [6.07, 6.45) is -26.6. The first-order valence-electron chi connectivity index (χ1n) is 41.7. The fourth-order valence-corrected chi connectivity index (χ4v) is 12.5. The Morgan fingerprint density at radius 2 is 0.629 bits per heavy atom. The molecular formula is C97H86F22N4O20. The van der Waals surface area contributed by atoms with Crippen molar-refractivity contribution in [1.82, 2.24) is 19.1 Å². The Labute approximate surface area is 796 Å². The molecule has 0 unspecified atom stereocenters. The van der Waals surface area contributed by atoms with Gasteiger partial charge in [0.25, 0.3) is 0 Å². The molecule has 0 fully saturated rings. The molecule has 0 spiro atoms. The highest BCUT2D eigenvalue weighted by Gasteiger charge is 2.59. The zero-order valence-electron chi connectivity index (χ0n) is 75.7. The van der Waals surface area contributed by atoms with Gasteiger partial charge in [0.05, 0.1) is 102 Å². The Balaban J connectivity index is 0.000000210. The fraction of sp³-hybridized carbons (Fsp3) is 0.299. The Morgan fingerprint density at radius 1 is 0.308 bits per heavy atom. The van der Waals surface area contributed by atoms with Crippen molar-refractivity contribution in [1.29, 1.82) is 0 Å². The van der Waals surface area contributed by atoms with Gasteiger partial charge in [0, 0.05) is 79.9 Å². The second kappa shape index (κ2) is 51.2. The quantitative estimate of drug-likeness (QED) is 0.0119. The molecule has 0 saturated heterocycles. The molecule has 0 aliphatic rings. The summed E-state index contributed by atoms with van der Waals surface area (Å²) in [4.78, 5) is 80.5. The summed E-state index contributed by atoms with van der Waals surface area (Å²) >= 11 is 0. The summed E-state index contributed by atoms with van der Waals surface area (Å²) in [5, 5.41) is 7.71. The maximum absolute atomic E-state index is 13.3. The number of nitrogens with zero attached hydrogens (tertiary/aromatic N) is 4. The van der Waals surface area contributed by atoms with Crippen LogP contribution in [0.25, 0.3) is 87.0 Å².